The molecule has 5 nitrogen and oxygen atoms in total. The Kier molecular flexibility index (Phi) is 6.34. The summed E-state index contributed by atoms with van der Waals surface area (Å²) >= 11 is 1.84. The number of hydrogen-bond donors (Lipinski definition) is 2. The molecule has 2 fully saturated rings. The van der Waals surface area contributed by atoms with Gasteiger partial charge in [-0.25, -0.2) is 9.98 Å². The van der Waals surface area contributed by atoms with Gasteiger partial charge in [0.15, 0.2) is 5.84 Å². The van der Waals surface area contributed by atoms with Crippen LogP contribution in [0.5, 0.6) is 0 Å². The summed E-state index contributed by atoms with van der Waals surface area (Å²) in [6.45, 7) is 2.99. The van der Waals surface area contributed by atoms with E-state index in [1.807, 2.05) is 11.3 Å². The predicted molar refractivity (Wildman–Crippen MR) is 143 cm³/mol. The topological polar surface area (TPSA) is 52.5 Å². The van der Waals surface area contributed by atoms with Crippen LogP contribution < -0.4 is 10.6 Å². The molecule has 2 aromatic rings. The van der Waals surface area contributed by atoms with Gasteiger partial charge < -0.3 is 15.5 Å². The van der Waals surface area contributed by atoms with Crippen LogP contribution in [0.15, 0.2) is 65.2 Å². The van der Waals surface area contributed by atoms with E-state index >= 15 is 0 Å². The molecule has 2 N–H and O–H groups in total. The first-order valence-corrected chi connectivity index (χ1v) is 13.6. The van der Waals surface area contributed by atoms with E-state index in [2.05, 4.69) is 70.2 Å². The number of nitrogens with one attached hydrogen (secondary N) is 2. The van der Waals surface area contributed by atoms with Crippen molar-refractivity contribution < 1.29 is 0 Å². The number of rotatable bonds is 3. The molecule has 0 amide bonds. The molecule has 1 aromatic carbocycles. The smallest absolute Gasteiger partial charge is 0.158 e. The van der Waals surface area contributed by atoms with Gasteiger partial charge in [0.25, 0.3) is 0 Å². The quantitative estimate of drug-likeness (QED) is 0.541. The van der Waals surface area contributed by atoms with Crippen molar-refractivity contribution in [3.63, 3.8) is 0 Å². The lowest BCUT2D eigenvalue weighted by molar-refractivity contribution is 0.393. The maximum Gasteiger partial charge on any atom is 0.158 e. The first-order chi connectivity index (χ1) is 16.8. The third-order valence-corrected chi connectivity index (χ3v) is 8.43. The second-order valence-corrected chi connectivity index (χ2v) is 10.8. The summed E-state index contributed by atoms with van der Waals surface area (Å²) in [6.07, 6.45) is 19.4. The Labute approximate surface area is 206 Å². The standard InChI is InChI=1S/C28H33N5S/c1-2-4-11-20(10-3-1)18-22-19-33(17-9-16-29-22)26-25-28(31-24-15-8-7-14-23(24)30-26)34-27(32-25)21-12-5-6-13-21/h1-4,7-8,10,14-15,21-22,29,31H,5-6,9,11-13,16-19H2/t22-/m0/s1. The number of fused-ring (bicyclic) bond motifs is 2. The van der Waals surface area contributed by atoms with Crippen LogP contribution in [0.1, 0.15) is 61.6 Å². The van der Waals surface area contributed by atoms with E-state index < -0.39 is 0 Å². The fourth-order valence-corrected chi connectivity index (χ4v) is 6.67. The lowest BCUT2D eigenvalue weighted by atomic mass is 10.0. The molecule has 6 rings (SSSR count). The Morgan fingerprint density at radius 1 is 1.06 bits per heavy atom. The van der Waals surface area contributed by atoms with Gasteiger partial charge in [-0.3, -0.25) is 0 Å². The largest absolute Gasteiger partial charge is 0.353 e. The van der Waals surface area contributed by atoms with Gasteiger partial charge in [-0.15, -0.1) is 11.3 Å². The summed E-state index contributed by atoms with van der Waals surface area (Å²) in [5.74, 6) is 1.65. The van der Waals surface area contributed by atoms with Gasteiger partial charge >= 0.3 is 0 Å². The SMILES string of the molecule is C1=CC=C(C[C@H]2CN(C3=Nc4ccccc4Nc4sc(C5CCCC5)nc43)CCCN2)CC=C1. The highest BCUT2D eigenvalue weighted by Crippen LogP contribution is 2.43. The molecule has 1 aromatic heterocycles. The third-order valence-electron chi connectivity index (χ3n) is 7.30. The van der Waals surface area contributed by atoms with E-state index in [4.69, 9.17) is 9.98 Å². The molecule has 176 valence electrons. The van der Waals surface area contributed by atoms with E-state index in [1.54, 1.807) is 0 Å². The van der Waals surface area contributed by atoms with E-state index in [9.17, 15) is 0 Å². The molecule has 3 heterocycles. The lowest BCUT2D eigenvalue weighted by Gasteiger charge is -2.27. The Morgan fingerprint density at radius 2 is 1.97 bits per heavy atom. The summed E-state index contributed by atoms with van der Waals surface area (Å²) < 4.78 is 0. The molecule has 0 bridgehead atoms. The summed E-state index contributed by atoms with van der Waals surface area (Å²) in [7, 11) is 0. The minimum absolute atomic E-state index is 0.402. The fourth-order valence-electron chi connectivity index (χ4n) is 5.52. The van der Waals surface area contributed by atoms with Crippen molar-refractivity contribution in [2.45, 2.75) is 56.9 Å². The highest BCUT2D eigenvalue weighted by molar-refractivity contribution is 7.16. The Hall–Kier alpha value is -2.70. The Bertz CT molecular complexity index is 1150. The van der Waals surface area contributed by atoms with Crippen molar-refractivity contribution in [1.29, 1.82) is 0 Å². The molecule has 6 heteroatoms. The first-order valence-electron chi connectivity index (χ1n) is 12.8. The van der Waals surface area contributed by atoms with Crippen molar-refractivity contribution in [1.82, 2.24) is 15.2 Å². The molecule has 4 aliphatic rings. The van der Waals surface area contributed by atoms with E-state index in [0.717, 1.165) is 66.8 Å². The normalized spacial score (nSPS) is 22.7. The van der Waals surface area contributed by atoms with Crippen molar-refractivity contribution in [3.8, 4) is 0 Å². The zero-order valence-corrected chi connectivity index (χ0v) is 20.5. The van der Waals surface area contributed by atoms with E-state index in [0.29, 0.717) is 12.0 Å². The van der Waals surface area contributed by atoms with Crippen molar-refractivity contribution >= 4 is 33.5 Å². The molecule has 2 aliphatic carbocycles. The predicted octanol–water partition coefficient (Wildman–Crippen LogP) is 6.43. The van der Waals surface area contributed by atoms with Crippen LogP contribution in [0.2, 0.25) is 0 Å². The van der Waals surface area contributed by atoms with Crippen molar-refractivity contribution in [3.05, 3.63) is 70.9 Å². The zero-order chi connectivity index (χ0) is 22.7. The minimum atomic E-state index is 0.402. The van der Waals surface area contributed by atoms with Crippen molar-refractivity contribution in [2.24, 2.45) is 4.99 Å². The average molecular weight is 472 g/mol. The zero-order valence-electron chi connectivity index (χ0n) is 19.7. The summed E-state index contributed by atoms with van der Waals surface area (Å²) in [5, 5.41) is 9.94. The number of allylic oxidation sites excluding steroid dienone is 5. The maximum absolute atomic E-state index is 5.25. The van der Waals surface area contributed by atoms with Crippen LogP contribution in [-0.2, 0) is 0 Å². The number of nitrogens with zero attached hydrogens (tertiary/aromatic N) is 3. The van der Waals surface area contributed by atoms with Gasteiger partial charge in [0.2, 0.25) is 0 Å². The summed E-state index contributed by atoms with van der Waals surface area (Å²) in [6, 6.07) is 8.80. The van der Waals surface area contributed by atoms with Gasteiger partial charge in [0.1, 0.15) is 10.7 Å². The van der Waals surface area contributed by atoms with E-state index in [-0.39, 0.29) is 0 Å². The second-order valence-electron chi connectivity index (χ2n) is 9.79. The molecule has 0 spiro atoms. The fraction of sp³-hybridized carbons (Fsp3) is 0.429. The van der Waals surface area contributed by atoms with Crippen LogP contribution in [0.25, 0.3) is 0 Å². The number of aliphatic imine (C=N–C) groups is 1. The van der Waals surface area contributed by atoms with Crippen LogP contribution >= 0.6 is 11.3 Å². The lowest BCUT2D eigenvalue weighted by Crippen LogP contribution is -2.41. The minimum Gasteiger partial charge on any atom is -0.353 e. The number of benzene rings is 1. The Morgan fingerprint density at radius 3 is 2.91 bits per heavy atom. The number of hydrogen-bond acceptors (Lipinski definition) is 6. The van der Waals surface area contributed by atoms with Crippen LogP contribution in [0.4, 0.5) is 16.4 Å². The molecule has 1 saturated heterocycles. The van der Waals surface area contributed by atoms with Crippen LogP contribution in [-0.4, -0.2) is 41.4 Å². The van der Waals surface area contributed by atoms with Crippen LogP contribution in [0, 0.1) is 0 Å². The molecule has 2 aliphatic heterocycles. The number of aromatic nitrogens is 1. The number of thiazole rings is 1. The number of amidine groups is 1. The monoisotopic (exact) mass is 471 g/mol. The molecule has 0 unspecified atom stereocenters. The third kappa shape index (κ3) is 4.62. The second kappa shape index (κ2) is 9.88. The molecule has 0 radical (unpaired) electrons. The molecule has 34 heavy (non-hydrogen) atoms. The molecular weight excluding hydrogens is 438 g/mol. The van der Waals surface area contributed by atoms with Gasteiger partial charge in [-0.05, 0) is 50.8 Å². The Balaban J connectivity index is 1.33. The number of anilines is 2. The highest BCUT2D eigenvalue weighted by atomic mass is 32.1. The molecule has 1 atom stereocenters. The van der Waals surface area contributed by atoms with Gasteiger partial charge in [0.05, 0.1) is 16.4 Å². The summed E-state index contributed by atoms with van der Waals surface area (Å²) in [4.78, 5) is 13.0. The van der Waals surface area contributed by atoms with E-state index in [1.165, 1.54) is 36.3 Å². The molecule has 1 saturated carbocycles. The van der Waals surface area contributed by atoms with Gasteiger partial charge in [-0.1, -0.05) is 60.9 Å². The first kappa shape index (κ1) is 21.8. The van der Waals surface area contributed by atoms with Crippen LogP contribution in [0.3, 0.4) is 0 Å². The number of para-hydroxylation sites is 2. The van der Waals surface area contributed by atoms with Crippen molar-refractivity contribution in [2.75, 3.05) is 25.0 Å². The van der Waals surface area contributed by atoms with Gasteiger partial charge in [0, 0.05) is 25.0 Å². The maximum atomic E-state index is 5.25. The molecular formula is C28H33N5S. The highest BCUT2D eigenvalue weighted by Gasteiger charge is 2.30. The average Bonchev–Trinajstić information content (AvgIpc) is 3.33. The van der Waals surface area contributed by atoms with Gasteiger partial charge in [-0.2, -0.15) is 0 Å². The summed E-state index contributed by atoms with van der Waals surface area (Å²) in [5.41, 5.74) is 4.60.